The van der Waals surface area contributed by atoms with E-state index in [1.165, 1.54) is 18.2 Å². The minimum absolute atomic E-state index is 0.174. The fourth-order valence-electron chi connectivity index (χ4n) is 1.44. The number of hydrogen-bond acceptors (Lipinski definition) is 4. The van der Waals surface area contributed by atoms with Gasteiger partial charge in [-0.15, -0.1) is 0 Å². The van der Waals surface area contributed by atoms with Crippen molar-refractivity contribution in [3.05, 3.63) is 54.3 Å². The summed E-state index contributed by atoms with van der Waals surface area (Å²) >= 11 is 0. The number of carbonyl (C=O) groups is 2. The van der Waals surface area contributed by atoms with Crippen LogP contribution in [0.1, 0.15) is 0 Å². The molecule has 86 valence electrons. The molecule has 0 radical (unpaired) electrons. The Kier molecular flexibility index (Phi) is 3.35. The van der Waals surface area contributed by atoms with Crippen LogP contribution in [0.3, 0.4) is 0 Å². The SMILES string of the molecule is O=C1C=CC(=O)C(NCNc2ccccc2)=C1. The lowest BCUT2D eigenvalue weighted by Crippen LogP contribution is -2.27. The van der Waals surface area contributed by atoms with Gasteiger partial charge in [-0.2, -0.15) is 0 Å². The summed E-state index contributed by atoms with van der Waals surface area (Å²) in [6, 6.07) is 9.60. The van der Waals surface area contributed by atoms with Crippen LogP contribution in [0.2, 0.25) is 0 Å². The lowest BCUT2D eigenvalue weighted by molar-refractivity contribution is -0.114. The molecule has 17 heavy (non-hydrogen) atoms. The number of nitrogens with one attached hydrogen (secondary N) is 2. The third kappa shape index (κ3) is 3.04. The number of hydrogen-bond donors (Lipinski definition) is 2. The normalized spacial score (nSPS) is 14.5. The van der Waals surface area contributed by atoms with E-state index in [-0.39, 0.29) is 11.6 Å². The Balaban J connectivity index is 1.87. The van der Waals surface area contributed by atoms with Gasteiger partial charge < -0.3 is 10.6 Å². The van der Waals surface area contributed by atoms with Gasteiger partial charge in [0.1, 0.15) is 0 Å². The lowest BCUT2D eigenvalue weighted by Gasteiger charge is -2.11. The average molecular weight is 228 g/mol. The average Bonchev–Trinajstić information content (AvgIpc) is 2.35. The van der Waals surface area contributed by atoms with Gasteiger partial charge in [-0.1, -0.05) is 18.2 Å². The molecular weight excluding hydrogens is 216 g/mol. The van der Waals surface area contributed by atoms with Gasteiger partial charge in [0.2, 0.25) is 5.78 Å². The molecule has 2 rings (SSSR count). The molecule has 0 spiro atoms. The number of ketones is 2. The zero-order chi connectivity index (χ0) is 12.1. The molecule has 1 aromatic rings. The van der Waals surface area contributed by atoms with Crippen LogP contribution in [0.15, 0.2) is 54.3 Å². The smallest absolute Gasteiger partial charge is 0.201 e. The summed E-state index contributed by atoms with van der Waals surface area (Å²) in [5.41, 5.74) is 1.27. The summed E-state index contributed by atoms with van der Waals surface area (Å²) in [6.07, 6.45) is 3.83. The predicted molar refractivity (Wildman–Crippen MR) is 65.3 cm³/mol. The van der Waals surface area contributed by atoms with Crippen molar-refractivity contribution >= 4 is 17.3 Å². The molecule has 0 aromatic heterocycles. The van der Waals surface area contributed by atoms with E-state index >= 15 is 0 Å². The number of allylic oxidation sites excluding steroid dienone is 3. The van der Waals surface area contributed by atoms with Gasteiger partial charge in [0.25, 0.3) is 0 Å². The van der Waals surface area contributed by atoms with Crippen LogP contribution in [0.5, 0.6) is 0 Å². The van der Waals surface area contributed by atoms with Gasteiger partial charge in [0.15, 0.2) is 5.78 Å². The van der Waals surface area contributed by atoms with Crippen LogP contribution >= 0.6 is 0 Å². The van der Waals surface area contributed by atoms with E-state index in [9.17, 15) is 9.59 Å². The maximum absolute atomic E-state index is 11.4. The van der Waals surface area contributed by atoms with Crippen molar-refractivity contribution in [3.63, 3.8) is 0 Å². The highest BCUT2D eigenvalue weighted by atomic mass is 16.1. The van der Waals surface area contributed by atoms with E-state index in [2.05, 4.69) is 10.6 Å². The Morgan fingerprint density at radius 2 is 1.71 bits per heavy atom. The molecule has 0 bridgehead atoms. The Labute approximate surface area is 99.0 Å². The molecule has 0 fully saturated rings. The molecule has 2 N–H and O–H groups in total. The monoisotopic (exact) mass is 228 g/mol. The van der Waals surface area contributed by atoms with E-state index in [1.807, 2.05) is 30.3 Å². The van der Waals surface area contributed by atoms with Crippen molar-refractivity contribution in [3.8, 4) is 0 Å². The molecule has 4 heteroatoms. The highest BCUT2D eigenvalue weighted by Gasteiger charge is 2.11. The number of benzene rings is 1. The summed E-state index contributed by atoms with van der Waals surface area (Å²) in [5.74, 6) is -0.355. The van der Waals surface area contributed by atoms with Crippen LogP contribution < -0.4 is 10.6 Å². The molecule has 4 nitrogen and oxygen atoms in total. The molecule has 0 unspecified atom stereocenters. The largest absolute Gasteiger partial charge is 0.368 e. The minimum Gasteiger partial charge on any atom is -0.368 e. The van der Waals surface area contributed by atoms with Crippen molar-refractivity contribution in [2.45, 2.75) is 0 Å². The number of anilines is 1. The van der Waals surface area contributed by atoms with Crippen LogP contribution in [0.25, 0.3) is 0 Å². The Morgan fingerprint density at radius 1 is 0.941 bits per heavy atom. The van der Waals surface area contributed by atoms with E-state index in [1.54, 1.807) is 0 Å². The second-order valence-electron chi connectivity index (χ2n) is 3.55. The van der Waals surface area contributed by atoms with Crippen LogP contribution in [0, 0.1) is 0 Å². The quantitative estimate of drug-likeness (QED) is 0.601. The highest BCUT2D eigenvalue weighted by molar-refractivity contribution is 6.16. The first-order valence-corrected chi connectivity index (χ1v) is 5.26. The third-order valence-electron chi connectivity index (χ3n) is 2.30. The van der Waals surface area contributed by atoms with Gasteiger partial charge in [-0.3, -0.25) is 9.59 Å². The molecule has 1 aliphatic carbocycles. The fraction of sp³-hybridized carbons (Fsp3) is 0.0769. The minimum atomic E-state index is -0.181. The van der Waals surface area contributed by atoms with Gasteiger partial charge in [-0.05, 0) is 24.3 Å². The van der Waals surface area contributed by atoms with Gasteiger partial charge in [0, 0.05) is 11.8 Å². The van der Waals surface area contributed by atoms with Crippen molar-refractivity contribution in [2.75, 3.05) is 12.0 Å². The highest BCUT2D eigenvalue weighted by Crippen LogP contribution is 2.05. The Morgan fingerprint density at radius 3 is 2.47 bits per heavy atom. The van der Waals surface area contributed by atoms with Crippen LogP contribution in [-0.2, 0) is 9.59 Å². The maximum atomic E-state index is 11.4. The maximum Gasteiger partial charge on any atom is 0.201 e. The molecule has 0 aliphatic heterocycles. The van der Waals surface area contributed by atoms with E-state index in [0.29, 0.717) is 12.4 Å². The molecular formula is C13H12N2O2. The Bertz CT molecular complexity index is 489. The van der Waals surface area contributed by atoms with Crippen molar-refractivity contribution in [2.24, 2.45) is 0 Å². The summed E-state index contributed by atoms with van der Waals surface area (Å²) in [7, 11) is 0. The summed E-state index contributed by atoms with van der Waals surface area (Å²) < 4.78 is 0. The lowest BCUT2D eigenvalue weighted by atomic mass is 10.1. The fourth-order valence-corrected chi connectivity index (χ4v) is 1.44. The van der Waals surface area contributed by atoms with Crippen molar-refractivity contribution in [1.29, 1.82) is 0 Å². The van der Waals surface area contributed by atoms with Crippen molar-refractivity contribution < 1.29 is 9.59 Å². The second kappa shape index (κ2) is 5.12. The molecule has 1 aromatic carbocycles. The molecule has 0 saturated carbocycles. The zero-order valence-electron chi connectivity index (χ0n) is 9.14. The first-order valence-electron chi connectivity index (χ1n) is 5.26. The summed E-state index contributed by atoms with van der Waals surface area (Å²) in [4.78, 5) is 22.5. The molecule has 0 amide bonds. The van der Waals surface area contributed by atoms with E-state index < -0.39 is 0 Å². The predicted octanol–water partition coefficient (Wildman–Crippen LogP) is 1.24. The topological polar surface area (TPSA) is 58.2 Å². The van der Waals surface area contributed by atoms with Crippen LogP contribution in [0.4, 0.5) is 5.69 Å². The Hall–Kier alpha value is -2.36. The molecule has 0 heterocycles. The first kappa shape index (κ1) is 11.1. The van der Waals surface area contributed by atoms with Gasteiger partial charge in [0.05, 0.1) is 12.4 Å². The third-order valence-corrected chi connectivity index (χ3v) is 2.30. The number of carbonyl (C=O) groups excluding carboxylic acids is 2. The van der Waals surface area contributed by atoms with Gasteiger partial charge in [-0.25, -0.2) is 0 Å². The number of rotatable bonds is 4. The molecule has 0 saturated heterocycles. The molecule has 0 atom stereocenters. The van der Waals surface area contributed by atoms with E-state index in [4.69, 9.17) is 0 Å². The summed E-state index contributed by atoms with van der Waals surface area (Å²) in [6.45, 7) is 0.392. The van der Waals surface area contributed by atoms with Crippen molar-refractivity contribution in [1.82, 2.24) is 5.32 Å². The van der Waals surface area contributed by atoms with Gasteiger partial charge >= 0.3 is 0 Å². The first-order chi connectivity index (χ1) is 8.25. The standard InChI is InChI=1S/C13H12N2O2/c16-11-6-7-13(17)12(8-11)15-9-14-10-4-2-1-3-5-10/h1-8,14-15H,9H2. The summed E-state index contributed by atoms with van der Waals surface area (Å²) in [5, 5.41) is 5.97. The zero-order valence-corrected chi connectivity index (χ0v) is 9.14. The van der Waals surface area contributed by atoms with E-state index in [0.717, 1.165) is 5.69 Å². The second-order valence-corrected chi connectivity index (χ2v) is 3.55. The van der Waals surface area contributed by atoms with Crippen LogP contribution in [-0.4, -0.2) is 18.2 Å². The number of para-hydroxylation sites is 1. The molecule has 1 aliphatic rings.